The maximum absolute atomic E-state index is 12.4. The van der Waals surface area contributed by atoms with Gasteiger partial charge in [0.15, 0.2) is 0 Å². The molecule has 3 rings (SSSR count). The van der Waals surface area contributed by atoms with Crippen molar-refractivity contribution < 1.29 is 8.95 Å². The SMILES string of the molecule is COc1ccc(N[S@@](=O)c2ccc(-c3ccccc3)cc2)cc1. The number of benzene rings is 3. The summed E-state index contributed by atoms with van der Waals surface area (Å²) in [5.74, 6) is 0.772. The summed E-state index contributed by atoms with van der Waals surface area (Å²) < 4.78 is 20.5. The van der Waals surface area contributed by atoms with Crippen LogP contribution in [0.4, 0.5) is 5.69 Å². The second-order valence-corrected chi connectivity index (χ2v) is 6.20. The Labute approximate surface area is 138 Å². The van der Waals surface area contributed by atoms with Crippen molar-refractivity contribution in [3.8, 4) is 16.9 Å². The minimum absolute atomic E-state index is 0.737. The van der Waals surface area contributed by atoms with Crippen LogP contribution in [0.15, 0.2) is 83.8 Å². The van der Waals surface area contributed by atoms with E-state index in [1.807, 2.05) is 66.7 Å². The lowest BCUT2D eigenvalue weighted by molar-refractivity contribution is 0.415. The van der Waals surface area contributed by atoms with Crippen molar-refractivity contribution in [1.29, 1.82) is 0 Å². The topological polar surface area (TPSA) is 38.3 Å². The first-order valence-electron chi connectivity index (χ1n) is 7.24. The van der Waals surface area contributed by atoms with E-state index in [9.17, 15) is 4.21 Å². The number of anilines is 1. The van der Waals surface area contributed by atoms with Crippen molar-refractivity contribution in [3.63, 3.8) is 0 Å². The van der Waals surface area contributed by atoms with Crippen molar-refractivity contribution in [2.45, 2.75) is 4.90 Å². The van der Waals surface area contributed by atoms with Gasteiger partial charge in [-0.3, -0.25) is 0 Å². The second kappa shape index (κ2) is 7.11. The van der Waals surface area contributed by atoms with Gasteiger partial charge in [-0.15, -0.1) is 0 Å². The van der Waals surface area contributed by atoms with Crippen LogP contribution >= 0.6 is 0 Å². The van der Waals surface area contributed by atoms with Crippen LogP contribution in [0.25, 0.3) is 11.1 Å². The van der Waals surface area contributed by atoms with E-state index in [0.29, 0.717) is 0 Å². The quantitative estimate of drug-likeness (QED) is 0.751. The predicted octanol–water partition coefficient (Wildman–Crippen LogP) is 4.50. The molecule has 4 heteroatoms. The van der Waals surface area contributed by atoms with E-state index in [1.54, 1.807) is 7.11 Å². The molecule has 0 saturated heterocycles. The Balaban J connectivity index is 1.72. The molecule has 0 aliphatic carbocycles. The first-order valence-corrected chi connectivity index (χ1v) is 8.39. The van der Waals surface area contributed by atoms with Gasteiger partial charge in [-0.25, -0.2) is 4.21 Å². The van der Waals surface area contributed by atoms with Gasteiger partial charge < -0.3 is 9.46 Å². The van der Waals surface area contributed by atoms with Gasteiger partial charge >= 0.3 is 0 Å². The number of hydrogen-bond donors (Lipinski definition) is 1. The second-order valence-electron chi connectivity index (χ2n) is 4.99. The van der Waals surface area contributed by atoms with Gasteiger partial charge in [-0.1, -0.05) is 42.5 Å². The van der Waals surface area contributed by atoms with Gasteiger partial charge in [0.05, 0.1) is 12.0 Å². The summed E-state index contributed by atoms with van der Waals surface area (Å²) in [5, 5.41) is 0. The number of hydrogen-bond acceptors (Lipinski definition) is 2. The van der Waals surface area contributed by atoms with Crippen LogP contribution in [-0.2, 0) is 11.0 Å². The van der Waals surface area contributed by atoms with Gasteiger partial charge in [-0.05, 0) is 47.5 Å². The third-order valence-corrected chi connectivity index (χ3v) is 4.60. The molecule has 0 fully saturated rings. The highest BCUT2D eigenvalue weighted by Crippen LogP contribution is 2.21. The lowest BCUT2D eigenvalue weighted by Gasteiger charge is -2.08. The Morgan fingerprint density at radius 3 is 2.00 bits per heavy atom. The summed E-state index contributed by atoms with van der Waals surface area (Å²) in [7, 11) is 0.321. The number of methoxy groups -OCH3 is 1. The maximum Gasteiger partial charge on any atom is 0.150 e. The number of ether oxygens (including phenoxy) is 1. The number of nitrogens with one attached hydrogen (secondary N) is 1. The summed E-state index contributed by atoms with van der Waals surface area (Å²) in [6.45, 7) is 0. The molecule has 0 spiro atoms. The highest BCUT2D eigenvalue weighted by molar-refractivity contribution is 7.86. The molecular weight excluding hydrogens is 306 g/mol. The van der Waals surface area contributed by atoms with E-state index >= 15 is 0 Å². The molecule has 0 unspecified atom stereocenters. The molecule has 0 bridgehead atoms. The molecule has 0 heterocycles. The Kier molecular flexibility index (Phi) is 4.74. The fourth-order valence-electron chi connectivity index (χ4n) is 2.23. The molecule has 1 N–H and O–H groups in total. The van der Waals surface area contributed by atoms with E-state index in [2.05, 4.69) is 16.9 Å². The molecule has 3 aromatic rings. The molecule has 23 heavy (non-hydrogen) atoms. The highest BCUT2D eigenvalue weighted by atomic mass is 32.2. The van der Waals surface area contributed by atoms with Crippen LogP contribution in [0.2, 0.25) is 0 Å². The molecule has 0 amide bonds. The Bertz CT molecular complexity index is 784. The summed E-state index contributed by atoms with van der Waals surface area (Å²) >= 11 is 0. The molecule has 1 atom stereocenters. The first-order chi connectivity index (χ1) is 11.3. The van der Waals surface area contributed by atoms with E-state index in [-0.39, 0.29) is 0 Å². The highest BCUT2D eigenvalue weighted by Gasteiger charge is 2.05. The first kappa shape index (κ1) is 15.3. The average Bonchev–Trinajstić information content (AvgIpc) is 2.63. The van der Waals surface area contributed by atoms with Crippen LogP contribution in [0.1, 0.15) is 0 Å². The molecule has 3 nitrogen and oxygen atoms in total. The van der Waals surface area contributed by atoms with Crippen molar-refractivity contribution in [2.75, 3.05) is 11.8 Å². The summed E-state index contributed by atoms with van der Waals surface area (Å²) in [4.78, 5) is 0.737. The monoisotopic (exact) mass is 323 g/mol. The van der Waals surface area contributed by atoms with Crippen molar-refractivity contribution in [2.24, 2.45) is 0 Å². The van der Waals surface area contributed by atoms with Crippen LogP contribution in [0.3, 0.4) is 0 Å². The largest absolute Gasteiger partial charge is 0.497 e. The third-order valence-electron chi connectivity index (χ3n) is 3.48. The fraction of sp³-hybridized carbons (Fsp3) is 0.0526. The molecule has 0 aliphatic heterocycles. The molecule has 0 saturated carbocycles. The van der Waals surface area contributed by atoms with E-state index in [4.69, 9.17) is 4.74 Å². The Hall–Kier alpha value is -2.59. The predicted molar refractivity (Wildman–Crippen MR) is 94.9 cm³/mol. The molecule has 0 aromatic heterocycles. The smallest absolute Gasteiger partial charge is 0.150 e. The third kappa shape index (κ3) is 3.79. The number of rotatable bonds is 5. The minimum atomic E-state index is -1.30. The van der Waals surface area contributed by atoms with Gasteiger partial charge in [0.1, 0.15) is 16.7 Å². The lowest BCUT2D eigenvalue weighted by atomic mass is 10.1. The van der Waals surface area contributed by atoms with Gasteiger partial charge in [0.2, 0.25) is 0 Å². The summed E-state index contributed by atoms with van der Waals surface area (Å²) in [6, 6.07) is 25.2. The van der Waals surface area contributed by atoms with Gasteiger partial charge in [0, 0.05) is 5.69 Å². The van der Waals surface area contributed by atoms with Gasteiger partial charge in [-0.2, -0.15) is 0 Å². The lowest BCUT2D eigenvalue weighted by Crippen LogP contribution is -2.04. The molecular formula is C19H17NO2S. The van der Waals surface area contributed by atoms with E-state index < -0.39 is 11.0 Å². The van der Waals surface area contributed by atoms with Gasteiger partial charge in [0.25, 0.3) is 0 Å². The van der Waals surface area contributed by atoms with Crippen molar-refractivity contribution in [3.05, 3.63) is 78.9 Å². The molecule has 0 aliphatic rings. The van der Waals surface area contributed by atoms with Crippen molar-refractivity contribution in [1.82, 2.24) is 0 Å². The average molecular weight is 323 g/mol. The summed E-state index contributed by atoms with van der Waals surface area (Å²) in [5.41, 5.74) is 3.04. The van der Waals surface area contributed by atoms with E-state index in [1.165, 1.54) is 0 Å². The minimum Gasteiger partial charge on any atom is -0.497 e. The van der Waals surface area contributed by atoms with Crippen LogP contribution < -0.4 is 9.46 Å². The molecule has 116 valence electrons. The molecule has 3 aromatic carbocycles. The zero-order valence-electron chi connectivity index (χ0n) is 12.7. The summed E-state index contributed by atoms with van der Waals surface area (Å²) in [6.07, 6.45) is 0. The van der Waals surface area contributed by atoms with Crippen LogP contribution in [0.5, 0.6) is 5.75 Å². The zero-order chi connectivity index (χ0) is 16.1. The fourth-order valence-corrected chi connectivity index (χ4v) is 3.08. The zero-order valence-corrected chi connectivity index (χ0v) is 13.5. The Morgan fingerprint density at radius 1 is 0.783 bits per heavy atom. The standard InChI is InChI=1S/C19H17NO2S/c1-22-18-11-9-17(10-12-18)20-23(21)19-13-7-16(8-14-19)15-5-3-2-4-6-15/h2-14,20H,1H3/t23-/m0/s1. The molecule has 0 radical (unpaired) electrons. The van der Waals surface area contributed by atoms with E-state index in [0.717, 1.165) is 27.5 Å². The maximum atomic E-state index is 12.4. The normalized spacial score (nSPS) is 11.7. The van der Waals surface area contributed by atoms with Crippen LogP contribution in [0, 0.1) is 0 Å². The van der Waals surface area contributed by atoms with Crippen LogP contribution in [-0.4, -0.2) is 11.3 Å². The Morgan fingerprint density at radius 2 is 1.39 bits per heavy atom. The van der Waals surface area contributed by atoms with Crippen molar-refractivity contribution >= 4 is 16.7 Å².